The number of carbonyl (C=O) groups is 1. The zero-order chi connectivity index (χ0) is 20.2. The van der Waals surface area contributed by atoms with Crippen LogP contribution < -0.4 is 10.1 Å². The number of benzene rings is 2. The molecule has 0 saturated heterocycles. The Bertz CT molecular complexity index is 813. The number of nitrogens with one attached hydrogen (secondary N) is 1. The molecule has 1 amide bonds. The number of hydrogen-bond acceptors (Lipinski definition) is 4. The van der Waals surface area contributed by atoms with E-state index >= 15 is 0 Å². The maximum Gasteiger partial charge on any atom is 0.310 e. The SMILES string of the molecule is CC(C)c1ccc(C(C)NC(=O)C(C)(C)Oc2ccccc2[N+](=O)[O-])cc1. The van der Waals surface area contributed by atoms with E-state index < -0.39 is 10.5 Å². The number of amides is 1. The molecule has 0 aromatic heterocycles. The van der Waals surface area contributed by atoms with E-state index in [1.165, 1.54) is 17.7 Å². The van der Waals surface area contributed by atoms with Crippen molar-refractivity contribution in [1.82, 2.24) is 5.32 Å². The van der Waals surface area contributed by atoms with E-state index in [1.807, 2.05) is 19.1 Å². The molecule has 0 heterocycles. The second-order valence-corrected chi connectivity index (χ2v) is 7.35. The molecule has 0 fully saturated rings. The Labute approximate surface area is 159 Å². The summed E-state index contributed by atoms with van der Waals surface area (Å²) in [6.45, 7) is 9.33. The monoisotopic (exact) mass is 370 g/mol. The molecule has 2 aromatic rings. The summed E-state index contributed by atoms with van der Waals surface area (Å²) >= 11 is 0. The van der Waals surface area contributed by atoms with Crippen LogP contribution in [-0.2, 0) is 4.79 Å². The van der Waals surface area contributed by atoms with Crippen molar-refractivity contribution < 1.29 is 14.5 Å². The first-order valence-electron chi connectivity index (χ1n) is 8.95. The Morgan fingerprint density at radius 2 is 1.59 bits per heavy atom. The van der Waals surface area contributed by atoms with E-state index in [0.717, 1.165) is 5.56 Å². The summed E-state index contributed by atoms with van der Waals surface area (Å²) in [5.74, 6) is 0.163. The summed E-state index contributed by atoms with van der Waals surface area (Å²) in [6, 6.07) is 13.9. The summed E-state index contributed by atoms with van der Waals surface area (Å²) < 4.78 is 5.69. The molecular weight excluding hydrogens is 344 g/mol. The van der Waals surface area contributed by atoms with Gasteiger partial charge in [-0.25, -0.2) is 0 Å². The van der Waals surface area contributed by atoms with Gasteiger partial charge in [0.1, 0.15) is 0 Å². The smallest absolute Gasteiger partial charge is 0.310 e. The first-order valence-corrected chi connectivity index (χ1v) is 8.95. The highest BCUT2D eigenvalue weighted by atomic mass is 16.6. The van der Waals surface area contributed by atoms with Crippen LogP contribution in [0.15, 0.2) is 48.5 Å². The molecular formula is C21H26N2O4. The van der Waals surface area contributed by atoms with Gasteiger partial charge >= 0.3 is 5.69 Å². The lowest BCUT2D eigenvalue weighted by Gasteiger charge is -2.27. The zero-order valence-electron chi connectivity index (χ0n) is 16.4. The molecule has 0 saturated carbocycles. The van der Waals surface area contributed by atoms with E-state index in [2.05, 4.69) is 31.3 Å². The Kier molecular flexibility index (Phi) is 6.20. The van der Waals surface area contributed by atoms with Gasteiger partial charge in [0.15, 0.2) is 11.4 Å². The number of carbonyl (C=O) groups excluding carboxylic acids is 1. The average Bonchev–Trinajstić information content (AvgIpc) is 2.61. The van der Waals surface area contributed by atoms with Crippen LogP contribution in [-0.4, -0.2) is 16.4 Å². The van der Waals surface area contributed by atoms with E-state index in [9.17, 15) is 14.9 Å². The molecule has 1 unspecified atom stereocenters. The zero-order valence-corrected chi connectivity index (χ0v) is 16.4. The van der Waals surface area contributed by atoms with Gasteiger partial charge in [-0.2, -0.15) is 0 Å². The highest BCUT2D eigenvalue weighted by Gasteiger charge is 2.33. The van der Waals surface area contributed by atoms with E-state index in [1.54, 1.807) is 26.0 Å². The van der Waals surface area contributed by atoms with Gasteiger partial charge in [-0.1, -0.05) is 50.2 Å². The van der Waals surface area contributed by atoms with E-state index in [-0.39, 0.29) is 23.4 Å². The standard InChI is InChI=1S/C21H26N2O4/c1-14(2)16-10-12-17(13-11-16)15(3)22-20(24)21(4,5)27-19-9-7-6-8-18(19)23(25)26/h6-15H,1-5H3,(H,22,24). The molecule has 144 valence electrons. The molecule has 0 spiro atoms. The van der Waals surface area contributed by atoms with Gasteiger partial charge in [0, 0.05) is 6.07 Å². The van der Waals surface area contributed by atoms with Crippen molar-refractivity contribution in [3.63, 3.8) is 0 Å². The quantitative estimate of drug-likeness (QED) is 0.563. The average molecular weight is 370 g/mol. The molecule has 0 bridgehead atoms. The Hall–Kier alpha value is -2.89. The number of nitro groups is 1. The van der Waals surface area contributed by atoms with Crippen LogP contribution in [0.4, 0.5) is 5.69 Å². The van der Waals surface area contributed by atoms with Crippen molar-refractivity contribution in [3.8, 4) is 5.75 Å². The minimum absolute atomic E-state index is 0.0663. The van der Waals surface area contributed by atoms with Gasteiger partial charge in [0.25, 0.3) is 5.91 Å². The summed E-state index contributed by atoms with van der Waals surface area (Å²) in [5, 5.41) is 14.1. The fourth-order valence-electron chi connectivity index (χ4n) is 2.64. The lowest BCUT2D eigenvalue weighted by Crippen LogP contribution is -2.47. The minimum atomic E-state index is -1.27. The molecule has 2 aromatic carbocycles. The highest BCUT2D eigenvalue weighted by molar-refractivity contribution is 5.85. The van der Waals surface area contributed by atoms with Gasteiger partial charge in [-0.3, -0.25) is 14.9 Å². The van der Waals surface area contributed by atoms with Crippen LogP contribution in [0.5, 0.6) is 5.75 Å². The summed E-state index contributed by atoms with van der Waals surface area (Å²) in [5.41, 5.74) is 0.778. The molecule has 27 heavy (non-hydrogen) atoms. The first kappa shape index (κ1) is 20.4. The molecule has 1 N–H and O–H groups in total. The van der Waals surface area contributed by atoms with Crippen molar-refractivity contribution in [2.45, 2.75) is 52.2 Å². The van der Waals surface area contributed by atoms with Gasteiger partial charge in [-0.05, 0) is 43.9 Å². The van der Waals surface area contributed by atoms with Crippen LogP contribution >= 0.6 is 0 Å². The molecule has 0 aliphatic heterocycles. The summed E-state index contributed by atoms with van der Waals surface area (Å²) in [6.07, 6.45) is 0. The molecule has 1 atom stereocenters. The lowest BCUT2D eigenvalue weighted by molar-refractivity contribution is -0.386. The number of hydrogen-bond donors (Lipinski definition) is 1. The van der Waals surface area contributed by atoms with Gasteiger partial charge in [0.2, 0.25) is 0 Å². The van der Waals surface area contributed by atoms with Crippen LogP contribution in [0.3, 0.4) is 0 Å². The van der Waals surface area contributed by atoms with Crippen LogP contribution in [0, 0.1) is 10.1 Å². The Morgan fingerprint density at radius 1 is 1.04 bits per heavy atom. The number of nitrogens with zero attached hydrogens (tertiary/aromatic N) is 1. The minimum Gasteiger partial charge on any atom is -0.471 e. The van der Waals surface area contributed by atoms with Crippen LogP contribution in [0.25, 0.3) is 0 Å². The van der Waals surface area contributed by atoms with Gasteiger partial charge in [-0.15, -0.1) is 0 Å². The topological polar surface area (TPSA) is 81.5 Å². The van der Waals surface area contributed by atoms with Crippen molar-refractivity contribution >= 4 is 11.6 Å². The predicted octanol–water partition coefficient (Wildman–Crippen LogP) is 4.75. The number of para-hydroxylation sites is 2. The van der Waals surface area contributed by atoms with Crippen molar-refractivity contribution in [2.75, 3.05) is 0 Å². The lowest BCUT2D eigenvalue weighted by atomic mass is 9.99. The molecule has 0 radical (unpaired) electrons. The van der Waals surface area contributed by atoms with Crippen LogP contribution in [0.2, 0.25) is 0 Å². The number of ether oxygens (including phenoxy) is 1. The second-order valence-electron chi connectivity index (χ2n) is 7.35. The molecule has 2 rings (SSSR count). The van der Waals surface area contributed by atoms with Crippen molar-refractivity contribution in [3.05, 3.63) is 69.8 Å². The predicted molar refractivity (Wildman–Crippen MR) is 105 cm³/mol. The molecule has 0 aliphatic rings. The molecule has 6 nitrogen and oxygen atoms in total. The van der Waals surface area contributed by atoms with E-state index in [0.29, 0.717) is 5.92 Å². The summed E-state index contributed by atoms with van der Waals surface area (Å²) in [4.78, 5) is 23.3. The maximum absolute atomic E-state index is 12.7. The van der Waals surface area contributed by atoms with Gasteiger partial charge < -0.3 is 10.1 Å². The Balaban J connectivity index is 2.10. The number of nitro benzene ring substituents is 1. The second kappa shape index (κ2) is 8.20. The molecule has 6 heteroatoms. The maximum atomic E-state index is 12.7. The van der Waals surface area contributed by atoms with Crippen LogP contribution in [0.1, 0.15) is 57.7 Å². The Morgan fingerprint density at radius 3 is 2.15 bits per heavy atom. The largest absolute Gasteiger partial charge is 0.471 e. The third-order valence-corrected chi connectivity index (χ3v) is 4.42. The third-order valence-electron chi connectivity index (χ3n) is 4.42. The van der Waals surface area contributed by atoms with Crippen molar-refractivity contribution in [1.29, 1.82) is 0 Å². The normalized spacial score (nSPS) is 12.5. The van der Waals surface area contributed by atoms with E-state index in [4.69, 9.17) is 4.74 Å². The first-order chi connectivity index (χ1) is 12.6. The molecule has 0 aliphatic carbocycles. The third kappa shape index (κ3) is 5.06. The van der Waals surface area contributed by atoms with Gasteiger partial charge in [0.05, 0.1) is 11.0 Å². The fraction of sp³-hybridized carbons (Fsp3) is 0.381. The number of rotatable bonds is 7. The summed E-state index contributed by atoms with van der Waals surface area (Å²) in [7, 11) is 0. The highest BCUT2D eigenvalue weighted by Crippen LogP contribution is 2.30. The van der Waals surface area contributed by atoms with Crippen molar-refractivity contribution in [2.24, 2.45) is 0 Å². The fourth-order valence-corrected chi connectivity index (χ4v) is 2.64.